The molecule has 1 aromatic heterocycles. The van der Waals surface area contributed by atoms with Gasteiger partial charge in [-0.05, 0) is 49.2 Å². The third-order valence-corrected chi connectivity index (χ3v) is 6.07. The summed E-state index contributed by atoms with van der Waals surface area (Å²) < 4.78 is 1.89. The highest BCUT2D eigenvalue weighted by Gasteiger charge is 2.31. The molecule has 0 unspecified atom stereocenters. The van der Waals surface area contributed by atoms with E-state index in [1.807, 2.05) is 22.8 Å². The van der Waals surface area contributed by atoms with E-state index in [0.717, 1.165) is 24.4 Å². The number of rotatable bonds is 9. The fourth-order valence-electron chi connectivity index (χ4n) is 3.46. The summed E-state index contributed by atoms with van der Waals surface area (Å²) in [6.07, 6.45) is 2.01. The first-order chi connectivity index (χ1) is 16.7. The molecule has 3 aromatic rings. The zero-order chi connectivity index (χ0) is 25.1. The van der Waals surface area contributed by atoms with Crippen LogP contribution in [0.5, 0.6) is 0 Å². The number of primary amides is 2. The van der Waals surface area contributed by atoms with E-state index in [2.05, 4.69) is 20.8 Å². The maximum absolute atomic E-state index is 12.7. The molecule has 6 N–H and O–H groups in total. The lowest BCUT2D eigenvalue weighted by Gasteiger charge is -2.12. The molecule has 11 nitrogen and oxygen atoms in total. The molecule has 2 aromatic carbocycles. The van der Waals surface area contributed by atoms with E-state index in [1.54, 1.807) is 6.07 Å². The van der Waals surface area contributed by atoms with Crippen molar-refractivity contribution in [2.75, 3.05) is 16.4 Å². The number of anilines is 2. The summed E-state index contributed by atoms with van der Waals surface area (Å²) in [5.74, 6) is -0.991. The molecular weight excluding hydrogens is 470 g/mol. The Balaban J connectivity index is 1.53. The van der Waals surface area contributed by atoms with Gasteiger partial charge < -0.3 is 22.1 Å². The second-order valence-corrected chi connectivity index (χ2v) is 8.99. The van der Waals surface area contributed by atoms with Crippen LogP contribution >= 0.6 is 11.8 Å². The van der Waals surface area contributed by atoms with Gasteiger partial charge in [0.1, 0.15) is 5.82 Å². The highest BCUT2D eigenvalue weighted by molar-refractivity contribution is 7.99. The van der Waals surface area contributed by atoms with E-state index in [9.17, 15) is 19.2 Å². The summed E-state index contributed by atoms with van der Waals surface area (Å²) in [7, 11) is 0. The van der Waals surface area contributed by atoms with E-state index >= 15 is 0 Å². The fourth-order valence-corrected chi connectivity index (χ4v) is 4.22. The van der Waals surface area contributed by atoms with Crippen molar-refractivity contribution in [1.82, 2.24) is 14.8 Å². The van der Waals surface area contributed by atoms with Crippen LogP contribution in [0.25, 0.3) is 5.69 Å². The molecule has 1 fully saturated rings. The van der Waals surface area contributed by atoms with Crippen LogP contribution in [0.4, 0.5) is 11.4 Å². The number of hydrogen-bond donors (Lipinski definition) is 4. The van der Waals surface area contributed by atoms with Crippen LogP contribution < -0.4 is 22.1 Å². The Morgan fingerprint density at radius 3 is 2.26 bits per heavy atom. The Morgan fingerprint density at radius 2 is 1.66 bits per heavy atom. The van der Waals surface area contributed by atoms with Gasteiger partial charge in [0, 0.05) is 35.3 Å². The summed E-state index contributed by atoms with van der Waals surface area (Å²) in [5.41, 5.74) is 12.4. The van der Waals surface area contributed by atoms with Crippen molar-refractivity contribution in [3.63, 3.8) is 0 Å². The number of nitrogens with zero attached hydrogens (tertiary/aromatic N) is 3. The number of amides is 4. The molecule has 0 saturated heterocycles. The lowest BCUT2D eigenvalue weighted by molar-refractivity contribution is -0.114. The van der Waals surface area contributed by atoms with Gasteiger partial charge in [-0.1, -0.05) is 17.8 Å². The first-order valence-electron chi connectivity index (χ1n) is 10.7. The molecule has 35 heavy (non-hydrogen) atoms. The molecule has 1 heterocycles. The summed E-state index contributed by atoms with van der Waals surface area (Å²) in [6.45, 7) is 1.44. The van der Waals surface area contributed by atoms with Gasteiger partial charge in [-0.3, -0.25) is 23.7 Å². The Kier molecular flexibility index (Phi) is 6.82. The van der Waals surface area contributed by atoms with E-state index < -0.39 is 11.8 Å². The van der Waals surface area contributed by atoms with Crippen LogP contribution in [-0.2, 0) is 9.59 Å². The standard InChI is InChI=1S/C23H23N7O4S/c1-12(31)26-16-3-2-4-18(10-16)30-22(13-5-6-13)28-29-23(30)35-11-19(32)27-17-8-14(20(24)33)7-15(9-17)21(25)34/h2-4,7-10,13H,5-6,11H2,1H3,(H2,24,33)(H2,25,34)(H,26,31)(H,27,32). The van der Waals surface area contributed by atoms with Crippen LogP contribution in [0.2, 0.25) is 0 Å². The van der Waals surface area contributed by atoms with Crippen LogP contribution in [-0.4, -0.2) is 44.1 Å². The summed E-state index contributed by atoms with van der Waals surface area (Å²) in [5, 5.41) is 14.6. The normalized spacial score (nSPS) is 12.7. The number of aromatic nitrogens is 3. The number of hydrogen-bond acceptors (Lipinski definition) is 7. The van der Waals surface area contributed by atoms with Crippen molar-refractivity contribution in [1.29, 1.82) is 0 Å². The summed E-state index contributed by atoms with van der Waals surface area (Å²) in [4.78, 5) is 47.2. The predicted molar refractivity (Wildman–Crippen MR) is 130 cm³/mol. The minimum Gasteiger partial charge on any atom is -0.366 e. The second-order valence-electron chi connectivity index (χ2n) is 8.05. The number of benzene rings is 2. The molecule has 0 aliphatic heterocycles. The Hall–Kier alpha value is -4.19. The molecular formula is C23H23N7O4S. The molecule has 4 rings (SSSR count). The van der Waals surface area contributed by atoms with Crippen molar-refractivity contribution < 1.29 is 19.2 Å². The van der Waals surface area contributed by atoms with Gasteiger partial charge in [-0.25, -0.2) is 0 Å². The maximum Gasteiger partial charge on any atom is 0.248 e. The number of nitrogens with one attached hydrogen (secondary N) is 2. The zero-order valence-electron chi connectivity index (χ0n) is 18.8. The van der Waals surface area contributed by atoms with Crippen molar-refractivity contribution in [3.05, 3.63) is 59.4 Å². The highest BCUT2D eigenvalue weighted by Crippen LogP contribution is 2.41. The highest BCUT2D eigenvalue weighted by atomic mass is 32.2. The van der Waals surface area contributed by atoms with E-state index in [-0.39, 0.29) is 34.4 Å². The average Bonchev–Trinajstić information content (AvgIpc) is 3.56. The van der Waals surface area contributed by atoms with Crippen molar-refractivity contribution >= 4 is 46.8 Å². The van der Waals surface area contributed by atoms with Crippen LogP contribution in [0.1, 0.15) is 52.2 Å². The summed E-state index contributed by atoms with van der Waals surface area (Å²) in [6, 6.07) is 11.3. The van der Waals surface area contributed by atoms with Gasteiger partial charge in [0.25, 0.3) is 0 Å². The van der Waals surface area contributed by atoms with Gasteiger partial charge in [-0.2, -0.15) is 0 Å². The van der Waals surface area contributed by atoms with E-state index in [4.69, 9.17) is 11.5 Å². The second kappa shape index (κ2) is 9.97. The van der Waals surface area contributed by atoms with Gasteiger partial charge >= 0.3 is 0 Å². The number of nitrogens with two attached hydrogens (primary N) is 2. The lowest BCUT2D eigenvalue weighted by atomic mass is 10.1. The molecule has 12 heteroatoms. The topological polar surface area (TPSA) is 175 Å². The molecule has 0 atom stereocenters. The smallest absolute Gasteiger partial charge is 0.248 e. The molecule has 4 amide bonds. The molecule has 0 bridgehead atoms. The summed E-state index contributed by atoms with van der Waals surface area (Å²) >= 11 is 1.18. The van der Waals surface area contributed by atoms with Gasteiger partial charge in [-0.15, -0.1) is 10.2 Å². The van der Waals surface area contributed by atoms with Crippen LogP contribution in [0.3, 0.4) is 0 Å². The number of carbonyl (C=O) groups excluding carboxylic acids is 4. The molecule has 1 aliphatic carbocycles. The van der Waals surface area contributed by atoms with Crippen LogP contribution in [0, 0.1) is 0 Å². The molecule has 1 aliphatic rings. The third-order valence-electron chi connectivity index (χ3n) is 5.14. The minimum absolute atomic E-state index is 0.0130. The Morgan fingerprint density at radius 1 is 0.971 bits per heavy atom. The van der Waals surface area contributed by atoms with Crippen molar-refractivity contribution in [3.8, 4) is 5.69 Å². The first-order valence-corrected chi connectivity index (χ1v) is 11.7. The van der Waals surface area contributed by atoms with Gasteiger partial charge in [0.15, 0.2) is 5.16 Å². The third kappa shape index (κ3) is 5.84. The Labute approximate surface area is 204 Å². The average molecular weight is 494 g/mol. The van der Waals surface area contributed by atoms with Crippen molar-refractivity contribution in [2.45, 2.75) is 30.8 Å². The SMILES string of the molecule is CC(=O)Nc1cccc(-n2c(SCC(=O)Nc3cc(C(N)=O)cc(C(N)=O)c3)nnc2C2CC2)c1. The molecule has 180 valence electrons. The molecule has 0 radical (unpaired) electrons. The van der Waals surface area contributed by atoms with Crippen molar-refractivity contribution in [2.24, 2.45) is 11.5 Å². The predicted octanol–water partition coefficient (Wildman–Crippen LogP) is 2.03. The van der Waals surface area contributed by atoms with E-state index in [0.29, 0.717) is 16.8 Å². The van der Waals surface area contributed by atoms with Crippen LogP contribution in [0.15, 0.2) is 47.6 Å². The number of thioether (sulfide) groups is 1. The Bertz CT molecular complexity index is 1300. The molecule has 1 saturated carbocycles. The molecule has 0 spiro atoms. The fraction of sp³-hybridized carbons (Fsp3) is 0.217. The van der Waals surface area contributed by atoms with Gasteiger partial charge in [0.05, 0.1) is 11.4 Å². The monoisotopic (exact) mass is 493 g/mol. The lowest BCUT2D eigenvalue weighted by Crippen LogP contribution is -2.19. The van der Waals surface area contributed by atoms with Gasteiger partial charge in [0.2, 0.25) is 23.6 Å². The van der Waals surface area contributed by atoms with E-state index in [1.165, 1.54) is 36.9 Å². The number of carbonyl (C=O) groups is 4. The maximum atomic E-state index is 12.7. The largest absolute Gasteiger partial charge is 0.366 e. The zero-order valence-corrected chi connectivity index (χ0v) is 19.6. The first kappa shape index (κ1) is 24.0. The quantitative estimate of drug-likeness (QED) is 0.330. The minimum atomic E-state index is -0.750.